The minimum atomic E-state index is -0.324. The van der Waals surface area contributed by atoms with Crippen LogP contribution >= 0.6 is 0 Å². The van der Waals surface area contributed by atoms with Crippen LogP contribution in [0.1, 0.15) is 33.6 Å². The monoisotopic (exact) mass is 315 g/mol. The van der Waals surface area contributed by atoms with E-state index in [1.807, 2.05) is 44.9 Å². The minimum absolute atomic E-state index is 0.214. The highest BCUT2D eigenvalue weighted by molar-refractivity contribution is 5.88. The number of carbonyl (C=O) groups excluding carboxylic acids is 1. The van der Waals surface area contributed by atoms with Gasteiger partial charge in [-0.05, 0) is 25.0 Å². The molecule has 0 aromatic carbocycles. The van der Waals surface area contributed by atoms with Gasteiger partial charge in [-0.15, -0.1) is 0 Å². The highest BCUT2D eigenvalue weighted by Crippen LogP contribution is 2.29. The highest BCUT2D eigenvalue weighted by Gasteiger charge is 2.31. The van der Waals surface area contributed by atoms with E-state index in [9.17, 15) is 4.79 Å². The van der Waals surface area contributed by atoms with E-state index in [1.54, 1.807) is 12.5 Å². The molecule has 0 spiro atoms. The number of carbonyl (C=O) groups is 1. The van der Waals surface area contributed by atoms with Gasteiger partial charge in [-0.25, -0.2) is 4.98 Å². The summed E-state index contributed by atoms with van der Waals surface area (Å²) in [5.74, 6) is 1.20. The van der Waals surface area contributed by atoms with Crippen LogP contribution < -0.4 is 4.90 Å². The second kappa shape index (κ2) is 5.87. The number of nitrogens with zero attached hydrogens (tertiary/aromatic N) is 3. The van der Waals surface area contributed by atoms with Crippen molar-refractivity contribution in [2.75, 3.05) is 25.0 Å². The Morgan fingerprint density at radius 3 is 2.65 bits per heavy atom. The smallest absolute Gasteiger partial charge is 0.227 e. The number of rotatable bonds is 2. The van der Waals surface area contributed by atoms with Gasteiger partial charge in [0.15, 0.2) is 0 Å². The average Bonchev–Trinajstić information content (AvgIpc) is 3.01. The number of amides is 1. The fourth-order valence-corrected chi connectivity index (χ4v) is 3.29. The molecular formula is C18H25N3O2. The number of hydrogen-bond donors (Lipinski definition) is 0. The average molecular weight is 315 g/mol. The zero-order chi connectivity index (χ0) is 16.6. The SMILES string of the molecule is CN(C(=O)C(C)(C)C)C1CCN(c2nccc3occc23)CC1. The van der Waals surface area contributed by atoms with Crippen LogP contribution in [0.3, 0.4) is 0 Å². The molecule has 3 rings (SSSR count). The van der Waals surface area contributed by atoms with Crippen LogP contribution in [0, 0.1) is 5.41 Å². The molecule has 23 heavy (non-hydrogen) atoms. The van der Waals surface area contributed by atoms with E-state index in [2.05, 4.69) is 9.88 Å². The molecule has 0 unspecified atom stereocenters. The molecule has 0 radical (unpaired) electrons. The van der Waals surface area contributed by atoms with Crippen molar-refractivity contribution in [1.29, 1.82) is 0 Å². The second-order valence-electron chi connectivity index (χ2n) is 7.35. The van der Waals surface area contributed by atoms with Gasteiger partial charge in [0.2, 0.25) is 5.91 Å². The summed E-state index contributed by atoms with van der Waals surface area (Å²) >= 11 is 0. The first-order valence-corrected chi connectivity index (χ1v) is 8.22. The van der Waals surface area contributed by atoms with Crippen molar-refractivity contribution in [3.63, 3.8) is 0 Å². The van der Waals surface area contributed by atoms with Gasteiger partial charge in [0.1, 0.15) is 11.4 Å². The third kappa shape index (κ3) is 3.05. The molecule has 2 aromatic heterocycles. The number of anilines is 1. The van der Waals surface area contributed by atoms with Crippen LogP contribution in [0.5, 0.6) is 0 Å². The molecule has 1 saturated heterocycles. The number of piperidine rings is 1. The Labute approximate surface area is 137 Å². The van der Waals surface area contributed by atoms with E-state index in [0.717, 1.165) is 42.7 Å². The Morgan fingerprint density at radius 1 is 1.30 bits per heavy atom. The molecule has 124 valence electrons. The van der Waals surface area contributed by atoms with Crippen LogP contribution in [0.2, 0.25) is 0 Å². The maximum absolute atomic E-state index is 12.4. The standard InChI is InChI=1S/C18H25N3O2/c1-18(2,3)17(22)20(4)13-6-10-21(11-7-13)16-14-8-12-23-15(14)5-9-19-16/h5,8-9,12-13H,6-7,10-11H2,1-4H3. The van der Waals surface area contributed by atoms with Crippen LogP contribution in [-0.2, 0) is 4.79 Å². The van der Waals surface area contributed by atoms with Gasteiger partial charge >= 0.3 is 0 Å². The van der Waals surface area contributed by atoms with E-state index in [-0.39, 0.29) is 11.3 Å². The maximum Gasteiger partial charge on any atom is 0.227 e. The predicted molar refractivity (Wildman–Crippen MR) is 91.5 cm³/mol. The minimum Gasteiger partial charge on any atom is -0.464 e. The van der Waals surface area contributed by atoms with E-state index < -0.39 is 0 Å². The summed E-state index contributed by atoms with van der Waals surface area (Å²) in [6.45, 7) is 7.74. The normalized spacial score (nSPS) is 16.8. The summed E-state index contributed by atoms with van der Waals surface area (Å²) in [6, 6.07) is 4.17. The third-order valence-electron chi connectivity index (χ3n) is 4.63. The van der Waals surface area contributed by atoms with E-state index in [4.69, 9.17) is 4.42 Å². The Kier molecular flexibility index (Phi) is 4.04. The first-order valence-electron chi connectivity index (χ1n) is 8.22. The molecule has 3 heterocycles. The van der Waals surface area contributed by atoms with E-state index in [0.29, 0.717) is 6.04 Å². The van der Waals surface area contributed by atoms with Gasteiger partial charge in [0.25, 0.3) is 0 Å². The molecule has 0 atom stereocenters. The van der Waals surface area contributed by atoms with E-state index >= 15 is 0 Å². The lowest BCUT2D eigenvalue weighted by Crippen LogP contribution is -2.48. The van der Waals surface area contributed by atoms with Gasteiger partial charge in [-0.3, -0.25) is 4.79 Å². The summed E-state index contributed by atoms with van der Waals surface area (Å²) in [6.07, 6.45) is 5.43. The molecule has 0 saturated carbocycles. The molecular weight excluding hydrogens is 290 g/mol. The summed E-state index contributed by atoms with van der Waals surface area (Å²) < 4.78 is 5.46. The third-order valence-corrected chi connectivity index (χ3v) is 4.63. The molecule has 5 heteroatoms. The van der Waals surface area contributed by atoms with Gasteiger partial charge in [0.05, 0.1) is 11.6 Å². The van der Waals surface area contributed by atoms with Gasteiger partial charge in [-0.1, -0.05) is 20.8 Å². The Balaban J connectivity index is 1.69. The lowest BCUT2D eigenvalue weighted by atomic mass is 9.92. The maximum atomic E-state index is 12.4. The Morgan fingerprint density at radius 2 is 2.00 bits per heavy atom. The number of furan rings is 1. The second-order valence-corrected chi connectivity index (χ2v) is 7.35. The topological polar surface area (TPSA) is 49.6 Å². The van der Waals surface area contributed by atoms with Gasteiger partial charge in [-0.2, -0.15) is 0 Å². The number of hydrogen-bond acceptors (Lipinski definition) is 4. The highest BCUT2D eigenvalue weighted by atomic mass is 16.3. The van der Waals surface area contributed by atoms with Crippen molar-refractivity contribution in [2.45, 2.75) is 39.7 Å². The summed E-state index contributed by atoms with van der Waals surface area (Å²) in [7, 11) is 1.93. The van der Waals surface area contributed by atoms with Gasteiger partial charge in [0, 0.05) is 37.8 Å². The first-order chi connectivity index (χ1) is 10.9. The molecule has 1 amide bonds. The summed E-state index contributed by atoms with van der Waals surface area (Å²) in [5, 5.41) is 1.06. The molecule has 1 aliphatic rings. The van der Waals surface area contributed by atoms with Crippen molar-refractivity contribution in [3.05, 3.63) is 24.6 Å². The van der Waals surface area contributed by atoms with Crippen LogP contribution in [0.25, 0.3) is 11.0 Å². The lowest BCUT2D eigenvalue weighted by molar-refractivity contribution is -0.140. The zero-order valence-corrected chi connectivity index (χ0v) is 14.4. The molecule has 5 nitrogen and oxygen atoms in total. The summed E-state index contributed by atoms with van der Waals surface area (Å²) in [5.41, 5.74) is 0.549. The van der Waals surface area contributed by atoms with Crippen molar-refractivity contribution >= 4 is 22.7 Å². The molecule has 0 N–H and O–H groups in total. The largest absolute Gasteiger partial charge is 0.464 e. The van der Waals surface area contributed by atoms with Crippen molar-refractivity contribution in [3.8, 4) is 0 Å². The fourth-order valence-electron chi connectivity index (χ4n) is 3.29. The number of pyridine rings is 1. The quantitative estimate of drug-likeness (QED) is 0.853. The van der Waals surface area contributed by atoms with Crippen LogP contribution in [0.15, 0.2) is 29.0 Å². The zero-order valence-electron chi connectivity index (χ0n) is 14.4. The fraction of sp³-hybridized carbons (Fsp3) is 0.556. The van der Waals surface area contributed by atoms with Crippen molar-refractivity contribution < 1.29 is 9.21 Å². The van der Waals surface area contributed by atoms with Gasteiger partial charge < -0.3 is 14.2 Å². The predicted octanol–water partition coefficient (Wildman–Crippen LogP) is 3.30. The molecule has 1 aliphatic heterocycles. The lowest BCUT2D eigenvalue weighted by Gasteiger charge is -2.39. The molecule has 1 fully saturated rings. The number of fused-ring (bicyclic) bond motifs is 1. The van der Waals surface area contributed by atoms with Crippen LogP contribution in [-0.4, -0.2) is 42.0 Å². The van der Waals surface area contributed by atoms with Crippen molar-refractivity contribution in [1.82, 2.24) is 9.88 Å². The van der Waals surface area contributed by atoms with E-state index in [1.165, 1.54) is 0 Å². The first kappa shape index (κ1) is 15.8. The summed E-state index contributed by atoms with van der Waals surface area (Å²) in [4.78, 5) is 21.2. The number of aromatic nitrogens is 1. The Bertz CT molecular complexity index is 694. The molecule has 2 aromatic rings. The Hall–Kier alpha value is -2.04. The molecule has 0 aliphatic carbocycles. The van der Waals surface area contributed by atoms with Crippen LogP contribution in [0.4, 0.5) is 5.82 Å². The molecule has 0 bridgehead atoms. The van der Waals surface area contributed by atoms with Crippen molar-refractivity contribution in [2.24, 2.45) is 5.41 Å².